The summed E-state index contributed by atoms with van der Waals surface area (Å²) in [5.74, 6) is -0.513. The third-order valence-corrected chi connectivity index (χ3v) is 2.82. The van der Waals surface area contributed by atoms with Gasteiger partial charge in [-0.15, -0.1) is 0 Å². The number of nitrogens with one attached hydrogen (secondary N) is 2. The van der Waals surface area contributed by atoms with E-state index in [9.17, 15) is 19.8 Å². The molecule has 0 heterocycles. The van der Waals surface area contributed by atoms with Gasteiger partial charge in [0.1, 0.15) is 12.1 Å². The Labute approximate surface area is 114 Å². The van der Waals surface area contributed by atoms with Crippen molar-refractivity contribution in [2.24, 2.45) is 0 Å². The van der Waals surface area contributed by atoms with Crippen LogP contribution in [0.4, 0.5) is 0 Å². The van der Waals surface area contributed by atoms with Gasteiger partial charge in [0.2, 0.25) is 12.2 Å². The van der Waals surface area contributed by atoms with E-state index in [0.29, 0.717) is 6.54 Å². The van der Waals surface area contributed by atoms with Crippen LogP contribution in [0, 0.1) is 0 Å². The Hall–Kier alpha value is -0.980. The zero-order valence-electron chi connectivity index (χ0n) is 11.8. The van der Waals surface area contributed by atoms with Gasteiger partial charge in [-0.25, -0.2) is 0 Å². The molecule has 0 aliphatic heterocycles. The molecule has 1 amide bonds. The Kier molecular flexibility index (Phi) is 9.38. The number of rotatable bonds is 10. The number of aliphatic hydroxyl groups excluding tert-OH is 2. The van der Waals surface area contributed by atoms with E-state index in [4.69, 9.17) is 0 Å². The molecule has 0 saturated heterocycles. The standard InChI is InChI=1S/C13H25N2O4/c1-4-5-6-7-14-12(10(3)18)13(19)15-11(8-16)9(2)17/h9-12,14,17-18H,4-7H2,1-3H3,(H,15,19)/t9-,10+,11-,12-/m0/s1. The monoisotopic (exact) mass is 273 g/mol. The van der Waals surface area contributed by atoms with Gasteiger partial charge in [-0.3, -0.25) is 9.59 Å². The molecule has 0 rings (SSSR count). The molecule has 111 valence electrons. The molecule has 4 atom stereocenters. The summed E-state index contributed by atoms with van der Waals surface area (Å²) >= 11 is 0. The fourth-order valence-electron chi connectivity index (χ4n) is 1.61. The average molecular weight is 273 g/mol. The predicted octanol–water partition coefficient (Wildman–Crippen LogP) is -0.509. The summed E-state index contributed by atoms with van der Waals surface area (Å²) in [5, 5.41) is 24.1. The summed E-state index contributed by atoms with van der Waals surface area (Å²) in [5.41, 5.74) is 0. The predicted molar refractivity (Wildman–Crippen MR) is 72.3 cm³/mol. The van der Waals surface area contributed by atoms with Crippen molar-refractivity contribution in [1.29, 1.82) is 0 Å². The van der Waals surface area contributed by atoms with Gasteiger partial charge < -0.3 is 20.8 Å². The lowest BCUT2D eigenvalue weighted by Crippen LogP contribution is -2.55. The molecule has 0 aliphatic carbocycles. The molecule has 6 heteroatoms. The van der Waals surface area contributed by atoms with Gasteiger partial charge in [0.25, 0.3) is 0 Å². The van der Waals surface area contributed by atoms with Crippen molar-refractivity contribution in [2.45, 2.75) is 64.3 Å². The molecule has 6 nitrogen and oxygen atoms in total. The number of carbonyl (C=O) groups is 1. The minimum Gasteiger partial charge on any atom is -0.391 e. The minimum atomic E-state index is -1.08. The van der Waals surface area contributed by atoms with E-state index in [-0.39, 0.29) is 0 Å². The maximum absolute atomic E-state index is 11.9. The van der Waals surface area contributed by atoms with Crippen molar-refractivity contribution in [1.82, 2.24) is 10.6 Å². The molecule has 0 unspecified atom stereocenters. The van der Waals surface area contributed by atoms with Gasteiger partial charge in [-0.05, 0) is 26.8 Å². The first kappa shape index (κ1) is 18.0. The van der Waals surface area contributed by atoms with Crippen molar-refractivity contribution in [3.05, 3.63) is 0 Å². The molecule has 0 aliphatic rings. The van der Waals surface area contributed by atoms with Crippen molar-refractivity contribution in [3.63, 3.8) is 0 Å². The third kappa shape index (κ3) is 7.25. The van der Waals surface area contributed by atoms with E-state index in [0.717, 1.165) is 19.3 Å². The molecule has 4 N–H and O–H groups in total. The minimum absolute atomic E-state index is 0.513. The Bertz CT molecular complexity index is 269. The fourth-order valence-corrected chi connectivity index (χ4v) is 1.61. The number of unbranched alkanes of at least 4 members (excludes halogenated alkanes) is 2. The second-order valence-electron chi connectivity index (χ2n) is 4.72. The number of amides is 1. The lowest BCUT2D eigenvalue weighted by molar-refractivity contribution is -0.126. The quantitative estimate of drug-likeness (QED) is 0.402. The first-order valence-electron chi connectivity index (χ1n) is 6.71. The molecule has 0 saturated carbocycles. The lowest BCUT2D eigenvalue weighted by Gasteiger charge is -2.23. The van der Waals surface area contributed by atoms with Crippen LogP contribution in [0.25, 0.3) is 0 Å². The Balaban J connectivity index is 4.36. The number of hydrogen-bond donors (Lipinski definition) is 4. The highest BCUT2D eigenvalue weighted by Crippen LogP contribution is 1.98. The summed E-state index contributed by atoms with van der Waals surface area (Å²) in [4.78, 5) is 22.5. The maximum Gasteiger partial charge on any atom is 0.240 e. The first-order valence-corrected chi connectivity index (χ1v) is 6.71. The van der Waals surface area contributed by atoms with E-state index >= 15 is 0 Å². The van der Waals surface area contributed by atoms with Gasteiger partial charge in [-0.2, -0.15) is 0 Å². The molecule has 19 heavy (non-hydrogen) atoms. The highest BCUT2D eigenvalue weighted by atomic mass is 16.3. The van der Waals surface area contributed by atoms with Crippen LogP contribution < -0.4 is 10.6 Å². The van der Waals surface area contributed by atoms with Crippen molar-refractivity contribution < 1.29 is 19.8 Å². The van der Waals surface area contributed by atoms with E-state index in [1.54, 1.807) is 6.29 Å². The highest BCUT2D eigenvalue weighted by Gasteiger charge is 2.26. The molecular formula is C13H25N2O4. The molecule has 0 aromatic carbocycles. The maximum atomic E-state index is 11.9. The summed E-state index contributed by atoms with van der Waals surface area (Å²) in [6, 6.07) is -1.88. The van der Waals surface area contributed by atoms with Gasteiger partial charge in [0, 0.05) is 0 Å². The molecule has 0 aromatic rings. The normalized spacial score (nSPS) is 17.3. The first-order chi connectivity index (χ1) is 8.93. The average Bonchev–Trinajstić information content (AvgIpc) is 2.34. The highest BCUT2D eigenvalue weighted by molar-refractivity contribution is 5.85. The molecular weight excluding hydrogens is 248 g/mol. The molecule has 0 fully saturated rings. The zero-order chi connectivity index (χ0) is 14.8. The Morgan fingerprint density at radius 1 is 1.21 bits per heavy atom. The van der Waals surface area contributed by atoms with Gasteiger partial charge in [0.15, 0.2) is 0 Å². The van der Waals surface area contributed by atoms with Crippen LogP contribution in [0.15, 0.2) is 0 Å². The van der Waals surface area contributed by atoms with Crippen LogP contribution in [-0.2, 0) is 9.59 Å². The van der Waals surface area contributed by atoms with Crippen molar-refractivity contribution >= 4 is 12.2 Å². The van der Waals surface area contributed by atoms with E-state index in [2.05, 4.69) is 17.6 Å². The number of hydrogen-bond acceptors (Lipinski definition) is 5. The molecule has 1 radical (unpaired) electrons. The van der Waals surface area contributed by atoms with Crippen molar-refractivity contribution in [2.75, 3.05) is 6.54 Å². The topological polar surface area (TPSA) is 98.7 Å². The summed E-state index contributed by atoms with van der Waals surface area (Å²) in [7, 11) is 0. The lowest BCUT2D eigenvalue weighted by atomic mass is 10.1. The summed E-state index contributed by atoms with van der Waals surface area (Å²) in [6.07, 6.45) is 2.68. The summed E-state index contributed by atoms with van der Waals surface area (Å²) < 4.78 is 0. The van der Waals surface area contributed by atoms with E-state index in [1.807, 2.05) is 0 Å². The van der Waals surface area contributed by atoms with Crippen molar-refractivity contribution in [3.8, 4) is 0 Å². The van der Waals surface area contributed by atoms with E-state index < -0.39 is 30.2 Å². The van der Waals surface area contributed by atoms with Crippen LogP contribution in [0.3, 0.4) is 0 Å². The van der Waals surface area contributed by atoms with Gasteiger partial charge in [-0.1, -0.05) is 19.8 Å². The molecule has 0 aromatic heterocycles. The Morgan fingerprint density at radius 2 is 1.84 bits per heavy atom. The van der Waals surface area contributed by atoms with Crippen LogP contribution in [0.5, 0.6) is 0 Å². The fraction of sp³-hybridized carbons (Fsp3) is 0.846. The van der Waals surface area contributed by atoms with Gasteiger partial charge >= 0.3 is 0 Å². The Morgan fingerprint density at radius 3 is 2.26 bits per heavy atom. The van der Waals surface area contributed by atoms with Crippen LogP contribution in [-0.4, -0.2) is 53.2 Å². The SMILES string of the molecule is CCCCCN[C@H](C(=O)N[C@@H]([C]=O)[C@H](C)O)[C@@H](C)O. The zero-order valence-corrected chi connectivity index (χ0v) is 11.8. The second-order valence-corrected chi connectivity index (χ2v) is 4.72. The summed E-state index contributed by atoms with van der Waals surface area (Å²) in [6.45, 7) is 5.58. The van der Waals surface area contributed by atoms with Crippen LogP contribution >= 0.6 is 0 Å². The number of carbonyl (C=O) groups excluding carboxylic acids is 2. The smallest absolute Gasteiger partial charge is 0.240 e. The molecule has 0 spiro atoms. The van der Waals surface area contributed by atoms with Crippen LogP contribution in [0.1, 0.15) is 40.0 Å². The van der Waals surface area contributed by atoms with Gasteiger partial charge in [0.05, 0.1) is 12.2 Å². The number of aliphatic hydroxyl groups is 2. The third-order valence-electron chi connectivity index (χ3n) is 2.82. The largest absolute Gasteiger partial charge is 0.391 e. The molecule has 0 bridgehead atoms. The van der Waals surface area contributed by atoms with Crippen LogP contribution in [0.2, 0.25) is 0 Å². The second kappa shape index (κ2) is 9.89. The van der Waals surface area contributed by atoms with E-state index in [1.165, 1.54) is 13.8 Å².